The number of aromatic nitrogens is 2. The highest BCUT2D eigenvalue weighted by molar-refractivity contribution is 6.00. The Bertz CT molecular complexity index is 936. The highest BCUT2D eigenvalue weighted by Crippen LogP contribution is 2.39. The van der Waals surface area contributed by atoms with Gasteiger partial charge in [-0.15, -0.1) is 0 Å². The van der Waals surface area contributed by atoms with Gasteiger partial charge in [0.1, 0.15) is 11.2 Å². The van der Waals surface area contributed by atoms with Crippen LogP contribution in [0.4, 0.5) is 11.5 Å². The van der Waals surface area contributed by atoms with Crippen molar-refractivity contribution in [1.82, 2.24) is 9.97 Å². The van der Waals surface area contributed by atoms with E-state index in [-0.39, 0.29) is 22.9 Å². The van der Waals surface area contributed by atoms with Crippen LogP contribution in [0.1, 0.15) is 30.1 Å². The maximum Gasteiger partial charge on any atom is 0.341 e. The summed E-state index contributed by atoms with van der Waals surface area (Å²) in [6.45, 7) is 2.90. The zero-order valence-corrected chi connectivity index (χ0v) is 13.1. The molecule has 24 heavy (non-hydrogen) atoms. The molecule has 0 radical (unpaired) electrons. The van der Waals surface area contributed by atoms with Gasteiger partial charge in [0.05, 0.1) is 11.1 Å². The number of pyridine rings is 2. The lowest BCUT2D eigenvalue weighted by atomic mass is 10.1. The molecule has 124 valence electrons. The first-order chi connectivity index (χ1) is 11.5. The number of carbonyl (C=O) groups excluding carboxylic acids is 1. The van der Waals surface area contributed by atoms with E-state index in [4.69, 9.17) is 5.11 Å². The third kappa shape index (κ3) is 1.99. The fourth-order valence-electron chi connectivity index (χ4n) is 3.61. The summed E-state index contributed by atoms with van der Waals surface area (Å²) in [5, 5.41) is 9.29. The molecule has 4 heterocycles. The van der Waals surface area contributed by atoms with Crippen molar-refractivity contribution < 1.29 is 14.7 Å². The van der Waals surface area contributed by atoms with Crippen molar-refractivity contribution in [3.05, 3.63) is 28.0 Å². The number of hydrogen-bond donors (Lipinski definition) is 2. The topological polar surface area (TPSA) is 107 Å². The molecule has 2 aliphatic rings. The van der Waals surface area contributed by atoms with Gasteiger partial charge in [-0.1, -0.05) is 0 Å². The summed E-state index contributed by atoms with van der Waals surface area (Å²) < 4.78 is 0. The molecule has 8 nitrogen and oxygen atoms in total. The van der Waals surface area contributed by atoms with Crippen molar-refractivity contribution in [2.24, 2.45) is 0 Å². The number of nitrogens with one attached hydrogen (secondary N) is 1. The Morgan fingerprint density at radius 1 is 1.42 bits per heavy atom. The van der Waals surface area contributed by atoms with Crippen LogP contribution in [0.3, 0.4) is 0 Å². The van der Waals surface area contributed by atoms with Gasteiger partial charge in [0.2, 0.25) is 11.3 Å². The van der Waals surface area contributed by atoms with Crippen LogP contribution in [0.15, 0.2) is 17.1 Å². The Labute approximate surface area is 136 Å². The van der Waals surface area contributed by atoms with E-state index < -0.39 is 11.4 Å². The van der Waals surface area contributed by atoms with E-state index in [0.29, 0.717) is 23.7 Å². The number of aromatic carboxylic acids is 1. The molecule has 4 rings (SSSR count). The first kappa shape index (κ1) is 14.7. The van der Waals surface area contributed by atoms with E-state index in [1.807, 2.05) is 0 Å². The Kier molecular flexibility index (Phi) is 3.09. The van der Waals surface area contributed by atoms with Crippen molar-refractivity contribution in [2.45, 2.75) is 25.8 Å². The van der Waals surface area contributed by atoms with Crippen molar-refractivity contribution in [2.75, 3.05) is 22.9 Å². The van der Waals surface area contributed by atoms with E-state index in [9.17, 15) is 14.4 Å². The van der Waals surface area contributed by atoms with Gasteiger partial charge in [-0.25, -0.2) is 9.78 Å². The largest absolute Gasteiger partial charge is 0.477 e. The molecule has 1 saturated heterocycles. The highest BCUT2D eigenvalue weighted by Gasteiger charge is 2.37. The lowest BCUT2D eigenvalue weighted by molar-refractivity contribution is -0.116. The maximum absolute atomic E-state index is 12.4. The molecule has 1 amide bonds. The van der Waals surface area contributed by atoms with Crippen molar-refractivity contribution in [3.8, 4) is 0 Å². The molecule has 0 bridgehead atoms. The van der Waals surface area contributed by atoms with Gasteiger partial charge in [-0.2, -0.15) is 0 Å². The maximum atomic E-state index is 12.4. The van der Waals surface area contributed by atoms with Gasteiger partial charge in [0, 0.05) is 32.3 Å². The molecule has 2 aromatic heterocycles. The Morgan fingerprint density at radius 3 is 2.92 bits per heavy atom. The standard InChI is InChI=1S/C16H16N4O4/c1-8(21)20-7-9-3-2-4-19(9)15-12(20)5-10-13(22)11(16(23)24)6-17-14(10)18-15/h5-6,9H,2-4,7H2,1H3,(H,23,24)(H,17,18,22)/t9-/m0/s1. The molecule has 1 fully saturated rings. The van der Waals surface area contributed by atoms with E-state index in [1.165, 1.54) is 13.1 Å². The van der Waals surface area contributed by atoms with Crippen molar-refractivity contribution in [1.29, 1.82) is 0 Å². The Balaban J connectivity index is 2.00. The number of H-pyrrole nitrogens is 1. The Hall–Kier alpha value is -2.90. The number of carboxylic acid groups (broad SMARTS) is 1. The molecule has 2 aromatic rings. The van der Waals surface area contributed by atoms with Gasteiger partial charge in [-0.3, -0.25) is 9.59 Å². The van der Waals surface area contributed by atoms with Gasteiger partial charge in [0.25, 0.3) is 0 Å². The minimum absolute atomic E-state index is 0.116. The van der Waals surface area contributed by atoms with Gasteiger partial charge < -0.3 is 19.9 Å². The van der Waals surface area contributed by atoms with Crippen LogP contribution in [0, 0.1) is 0 Å². The van der Waals surface area contributed by atoms with Crippen LogP contribution in [-0.4, -0.2) is 46.1 Å². The lowest BCUT2D eigenvalue weighted by Crippen LogP contribution is -2.48. The summed E-state index contributed by atoms with van der Waals surface area (Å²) >= 11 is 0. The first-order valence-corrected chi connectivity index (χ1v) is 7.82. The fourth-order valence-corrected chi connectivity index (χ4v) is 3.61. The van der Waals surface area contributed by atoms with Crippen LogP contribution in [0.25, 0.3) is 11.0 Å². The molecule has 0 aliphatic carbocycles. The number of fused-ring (bicyclic) bond motifs is 4. The third-order valence-electron chi connectivity index (χ3n) is 4.77. The molecule has 1 atom stereocenters. The average molecular weight is 328 g/mol. The summed E-state index contributed by atoms with van der Waals surface area (Å²) in [6, 6.07) is 1.81. The van der Waals surface area contributed by atoms with Crippen LogP contribution in [0.5, 0.6) is 0 Å². The smallest absolute Gasteiger partial charge is 0.341 e. The molecule has 0 aromatic carbocycles. The molecular formula is C16H16N4O4. The molecule has 0 unspecified atom stereocenters. The van der Waals surface area contributed by atoms with Crippen molar-refractivity contribution >= 4 is 34.4 Å². The van der Waals surface area contributed by atoms with E-state index >= 15 is 0 Å². The summed E-state index contributed by atoms with van der Waals surface area (Å²) in [7, 11) is 0. The number of amides is 1. The van der Waals surface area contributed by atoms with E-state index in [2.05, 4.69) is 14.9 Å². The van der Waals surface area contributed by atoms with Gasteiger partial charge >= 0.3 is 5.97 Å². The second-order valence-electron chi connectivity index (χ2n) is 6.18. The number of anilines is 2. The molecule has 2 N–H and O–H groups in total. The van der Waals surface area contributed by atoms with E-state index in [1.54, 1.807) is 11.0 Å². The molecule has 0 spiro atoms. The summed E-state index contributed by atoms with van der Waals surface area (Å²) in [4.78, 5) is 46.7. The Morgan fingerprint density at radius 2 is 2.21 bits per heavy atom. The van der Waals surface area contributed by atoms with Crippen LogP contribution in [0.2, 0.25) is 0 Å². The van der Waals surface area contributed by atoms with Gasteiger partial charge in [-0.05, 0) is 18.9 Å². The van der Waals surface area contributed by atoms with Crippen LogP contribution < -0.4 is 15.2 Å². The zero-order chi connectivity index (χ0) is 17.0. The number of nitrogens with zero attached hydrogens (tertiary/aromatic N) is 3. The number of hydrogen-bond acceptors (Lipinski definition) is 5. The van der Waals surface area contributed by atoms with Crippen molar-refractivity contribution in [3.63, 3.8) is 0 Å². The predicted octanol–water partition coefficient (Wildman–Crippen LogP) is 0.957. The van der Waals surface area contributed by atoms with Gasteiger partial charge in [0.15, 0.2) is 5.82 Å². The molecule has 2 aliphatic heterocycles. The highest BCUT2D eigenvalue weighted by atomic mass is 16.4. The quantitative estimate of drug-likeness (QED) is 0.807. The molecule has 0 saturated carbocycles. The average Bonchev–Trinajstić information content (AvgIpc) is 3.01. The second-order valence-corrected chi connectivity index (χ2v) is 6.18. The van der Waals surface area contributed by atoms with E-state index in [0.717, 1.165) is 19.4 Å². The fraction of sp³-hybridized carbons (Fsp3) is 0.375. The summed E-state index contributed by atoms with van der Waals surface area (Å²) in [6.07, 6.45) is 3.20. The summed E-state index contributed by atoms with van der Waals surface area (Å²) in [5.41, 5.74) is -0.0342. The molecule has 8 heteroatoms. The number of carbonyl (C=O) groups is 2. The SMILES string of the molecule is CC(=O)N1C[C@@H]2CCCN2c2nc3[nH]cc(C(=O)O)c(=O)c3cc21. The first-order valence-electron chi connectivity index (χ1n) is 7.82. The number of carboxylic acids is 1. The molecular weight excluding hydrogens is 312 g/mol. The summed E-state index contributed by atoms with van der Waals surface area (Å²) in [5.74, 6) is -0.737. The minimum atomic E-state index is -1.29. The normalized spacial score (nSPS) is 19.3. The zero-order valence-electron chi connectivity index (χ0n) is 13.1. The predicted molar refractivity (Wildman–Crippen MR) is 87.7 cm³/mol. The van der Waals surface area contributed by atoms with Crippen LogP contribution in [-0.2, 0) is 4.79 Å². The lowest BCUT2D eigenvalue weighted by Gasteiger charge is -2.38. The third-order valence-corrected chi connectivity index (χ3v) is 4.77. The number of aromatic amines is 1. The monoisotopic (exact) mass is 328 g/mol. The number of rotatable bonds is 1. The second kappa shape index (κ2) is 5.05. The minimum Gasteiger partial charge on any atom is -0.477 e. The van der Waals surface area contributed by atoms with Crippen LogP contribution >= 0.6 is 0 Å².